The van der Waals surface area contributed by atoms with Gasteiger partial charge in [0.25, 0.3) is 0 Å². The van der Waals surface area contributed by atoms with E-state index >= 15 is 0 Å². The summed E-state index contributed by atoms with van der Waals surface area (Å²) in [6.45, 7) is 7.84. The van der Waals surface area contributed by atoms with Crippen molar-refractivity contribution < 1.29 is 0 Å². The van der Waals surface area contributed by atoms with Gasteiger partial charge in [-0.15, -0.1) is 0 Å². The normalized spacial score (nSPS) is 20.8. The first-order chi connectivity index (χ1) is 7.41. The molecule has 0 bridgehead atoms. The second kappa shape index (κ2) is 3.77. The molecule has 1 aliphatic heterocycles. The van der Waals surface area contributed by atoms with Crippen molar-refractivity contribution in [1.29, 1.82) is 0 Å². The third-order valence-corrected chi connectivity index (χ3v) is 3.43. The number of fused-ring (bicyclic) bond motifs is 1. The fraction of sp³-hybridized carbons (Fsp3) is 0.571. The van der Waals surface area contributed by atoms with E-state index in [1.165, 1.54) is 16.8 Å². The van der Waals surface area contributed by atoms with Crippen molar-refractivity contribution in [1.82, 2.24) is 0 Å². The number of hydrogen-bond donors (Lipinski definition) is 1. The van der Waals surface area contributed by atoms with Crippen molar-refractivity contribution in [2.24, 2.45) is 5.73 Å². The average molecular weight is 218 g/mol. The molecule has 2 N–H and O–H groups in total. The Balaban J connectivity index is 2.61. The summed E-state index contributed by atoms with van der Waals surface area (Å²) in [5, 5.41) is 0. The lowest BCUT2D eigenvalue weighted by Crippen LogP contribution is -2.33. The van der Waals surface area contributed by atoms with Crippen LogP contribution in [0.25, 0.3) is 0 Å². The molecule has 1 unspecified atom stereocenters. The summed E-state index contributed by atoms with van der Waals surface area (Å²) in [5.41, 5.74) is 10.4. The highest BCUT2D eigenvalue weighted by atomic mass is 15.1. The van der Waals surface area contributed by atoms with E-state index < -0.39 is 0 Å². The zero-order valence-electron chi connectivity index (χ0n) is 10.7. The molecule has 0 spiro atoms. The Bertz CT molecular complexity index is 390. The van der Waals surface area contributed by atoms with E-state index in [0.29, 0.717) is 0 Å². The van der Waals surface area contributed by atoms with E-state index in [1.54, 1.807) is 0 Å². The number of nitrogens with two attached hydrogens (primary N) is 1. The van der Waals surface area contributed by atoms with Gasteiger partial charge in [-0.3, -0.25) is 0 Å². The van der Waals surface area contributed by atoms with Gasteiger partial charge in [-0.05, 0) is 23.0 Å². The molecule has 16 heavy (non-hydrogen) atoms. The van der Waals surface area contributed by atoms with E-state index in [9.17, 15) is 0 Å². The Kier molecular flexibility index (Phi) is 2.70. The van der Waals surface area contributed by atoms with Gasteiger partial charge in [0.2, 0.25) is 0 Å². The van der Waals surface area contributed by atoms with E-state index in [2.05, 4.69) is 50.9 Å². The van der Waals surface area contributed by atoms with Crippen LogP contribution in [-0.4, -0.2) is 13.6 Å². The van der Waals surface area contributed by atoms with Crippen LogP contribution in [0.5, 0.6) is 0 Å². The second-order valence-electron chi connectivity index (χ2n) is 5.81. The predicted molar refractivity (Wildman–Crippen MR) is 70.0 cm³/mol. The first-order valence-electron chi connectivity index (χ1n) is 6.01. The highest BCUT2D eigenvalue weighted by Gasteiger charge is 2.27. The van der Waals surface area contributed by atoms with E-state index in [4.69, 9.17) is 5.73 Å². The minimum atomic E-state index is 0.177. The van der Waals surface area contributed by atoms with Crippen LogP contribution in [0, 0.1) is 0 Å². The molecule has 0 saturated carbocycles. The molecule has 0 radical (unpaired) electrons. The molecule has 2 heteroatoms. The lowest BCUT2D eigenvalue weighted by Gasteiger charge is -2.36. The van der Waals surface area contributed by atoms with Crippen LogP contribution in [-0.2, 0) is 5.41 Å². The number of benzene rings is 1. The van der Waals surface area contributed by atoms with Gasteiger partial charge >= 0.3 is 0 Å². The molecule has 0 fully saturated rings. The van der Waals surface area contributed by atoms with E-state index in [-0.39, 0.29) is 11.5 Å². The van der Waals surface area contributed by atoms with Crippen LogP contribution < -0.4 is 10.6 Å². The Hall–Kier alpha value is -1.02. The molecule has 1 heterocycles. The topological polar surface area (TPSA) is 29.3 Å². The molecule has 1 aliphatic rings. The molecule has 2 rings (SSSR count). The van der Waals surface area contributed by atoms with Crippen LogP contribution in [0.4, 0.5) is 5.69 Å². The lowest BCUT2D eigenvalue weighted by molar-refractivity contribution is 0.566. The quantitative estimate of drug-likeness (QED) is 0.725. The minimum absolute atomic E-state index is 0.177. The van der Waals surface area contributed by atoms with Gasteiger partial charge in [-0.1, -0.05) is 39.0 Å². The van der Waals surface area contributed by atoms with Gasteiger partial charge in [0.1, 0.15) is 0 Å². The second-order valence-corrected chi connectivity index (χ2v) is 5.81. The molecule has 0 amide bonds. The van der Waals surface area contributed by atoms with Crippen LogP contribution in [0.1, 0.15) is 44.4 Å². The predicted octanol–water partition coefficient (Wildman–Crippen LogP) is 2.82. The zero-order chi connectivity index (χ0) is 11.9. The number of para-hydroxylation sites is 1. The Morgan fingerprint density at radius 3 is 2.62 bits per heavy atom. The van der Waals surface area contributed by atoms with E-state index in [1.807, 2.05) is 0 Å². The fourth-order valence-corrected chi connectivity index (χ4v) is 2.49. The molecule has 2 nitrogen and oxygen atoms in total. The Morgan fingerprint density at radius 2 is 2.00 bits per heavy atom. The Labute approximate surface area is 98.4 Å². The number of rotatable bonds is 0. The fourth-order valence-electron chi connectivity index (χ4n) is 2.49. The van der Waals surface area contributed by atoms with Crippen LogP contribution >= 0.6 is 0 Å². The standard InChI is InChI=1S/C14H22N2/c1-14(2,3)11-7-5-6-10-12(15)8-9-16(4)13(10)11/h5-7,12H,8-9,15H2,1-4H3. The monoisotopic (exact) mass is 218 g/mol. The minimum Gasteiger partial charge on any atom is -0.374 e. The van der Waals surface area contributed by atoms with Crippen LogP contribution in [0.15, 0.2) is 18.2 Å². The first kappa shape index (κ1) is 11.5. The third kappa shape index (κ3) is 1.82. The van der Waals surface area contributed by atoms with Crippen molar-refractivity contribution >= 4 is 5.69 Å². The maximum Gasteiger partial charge on any atom is 0.0450 e. The molecular weight excluding hydrogens is 196 g/mol. The third-order valence-electron chi connectivity index (χ3n) is 3.43. The zero-order valence-corrected chi connectivity index (χ0v) is 10.7. The molecule has 1 aromatic rings. The largest absolute Gasteiger partial charge is 0.374 e. The van der Waals surface area contributed by atoms with Gasteiger partial charge in [0.15, 0.2) is 0 Å². The average Bonchev–Trinajstić information content (AvgIpc) is 2.22. The van der Waals surface area contributed by atoms with Crippen LogP contribution in [0.3, 0.4) is 0 Å². The van der Waals surface area contributed by atoms with Gasteiger partial charge in [-0.2, -0.15) is 0 Å². The molecule has 88 valence electrons. The van der Waals surface area contributed by atoms with Crippen molar-refractivity contribution in [2.75, 3.05) is 18.5 Å². The lowest BCUT2D eigenvalue weighted by atomic mass is 9.82. The summed E-state index contributed by atoms with van der Waals surface area (Å²) < 4.78 is 0. The van der Waals surface area contributed by atoms with Crippen LogP contribution in [0.2, 0.25) is 0 Å². The van der Waals surface area contributed by atoms with Crippen molar-refractivity contribution in [2.45, 2.75) is 38.6 Å². The molecule has 1 aromatic carbocycles. The Morgan fingerprint density at radius 1 is 1.31 bits per heavy atom. The molecule has 0 aromatic heterocycles. The highest BCUT2D eigenvalue weighted by molar-refractivity contribution is 5.64. The number of anilines is 1. The molecule has 0 aliphatic carbocycles. The molecular formula is C14H22N2. The van der Waals surface area contributed by atoms with Crippen molar-refractivity contribution in [3.8, 4) is 0 Å². The molecule has 1 atom stereocenters. The number of nitrogens with zero attached hydrogens (tertiary/aromatic N) is 1. The summed E-state index contributed by atoms with van der Waals surface area (Å²) in [6.07, 6.45) is 1.05. The van der Waals surface area contributed by atoms with Gasteiger partial charge < -0.3 is 10.6 Å². The van der Waals surface area contributed by atoms with Crippen molar-refractivity contribution in [3.05, 3.63) is 29.3 Å². The summed E-state index contributed by atoms with van der Waals surface area (Å²) >= 11 is 0. The first-order valence-corrected chi connectivity index (χ1v) is 6.01. The number of hydrogen-bond acceptors (Lipinski definition) is 2. The summed E-state index contributed by atoms with van der Waals surface area (Å²) in [5.74, 6) is 0. The summed E-state index contributed by atoms with van der Waals surface area (Å²) in [6, 6.07) is 6.74. The SMILES string of the molecule is CN1CCC(N)c2cccc(C(C)(C)C)c21. The summed E-state index contributed by atoms with van der Waals surface area (Å²) in [7, 11) is 2.17. The molecule has 0 saturated heterocycles. The van der Waals surface area contributed by atoms with Gasteiger partial charge in [0, 0.05) is 25.3 Å². The van der Waals surface area contributed by atoms with Gasteiger partial charge in [-0.25, -0.2) is 0 Å². The summed E-state index contributed by atoms with van der Waals surface area (Å²) in [4.78, 5) is 2.35. The van der Waals surface area contributed by atoms with E-state index in [0.717, 1.165) is 13.0 Å². The maximum atomic E-state index is 6.19. The maximum absolute atomic E-state index is 6.19. The smallest absolute Gasteiger partial charge is 0.0450 e. The highest BCUT2D eigenvalue weighted by Crippen LogP contribution is 2.39. The van der Waals surface area contributed by atoms with Crippen molar-refractivity contribution in [3.63, 3.8) is 0 Å². The van der Waals surface area contributed by atoms with Gasteiger partial charge in [0.05, 0.1) is 0 Å².